The third-order valence-corrected chi connectivity index (χ3v) is 4.71. The van der Waals surface area contributed by atoms with E-state index in [2.05, 4.69) is 10.3 Å². The number of furan rings is 1. The predicted octanol–water partition coefficient (Wildman–Crippen LogP) is 4.75. The number of fused-ring (bicyclic) bond motifs is 1. The molecule has 4 rings (SSSR count). The number of anilines is 1. The second-order valence-electron chi connectivity index (χ2n) is 6.66. The molecule has 25 heavy (non-hydrogen) atoms. The Labute approximate surface area is 146 Å². The summed E-state index contributed by atoms with van der Waals surface area (Å²) in [4.78, 5) is 19.1. The Hall–Kier alpha value is -2.82. The van der Waals surface area contributed by atoms with Gasteiger partial charge in [-0.05, 0) is 49.9 Å². The number of nitrogens with zero attached hydrogens (tertiary/aromatic N) is 2. The molecule has 0 aliphatic heterocycles. The molecule has 1 unspecified atom stereocenters. The summed E-state index contributed by atoms with van der Waals surface area (Å²) in [5.41, 5.74) is 2.34. The Morgan fingerprint density at radius 1 is 1.28 bits per heavy atom. The molecular weight excluding hydrogens is 314 g/mol. The molecule has 0 radical (unpaired) electrons. The number of amides is 2. The van der Waals surface area contributed by atoms with Crippen LogP contribution < -0.4 is 5.32 Å². The standard InChI is InChI=1S/C20H21N3O2/c1-13-12-15-6-5-8-17(19(15)25-13)22-20(24)23(2)18(14-9-10-14)16-7-3-4-11-21-16/h3-8,11-12,14,18H,9-10H2,1-2H3,(H,22,24). The monoisotopic (exact) mass is 335 g/mol. The number of hydrogen-bond donors (Lipinski definition) is 1. The second-order valence-corrected chi connectivity index (χ2v) is 6.66. The average molecular weight is 335 g/mol. The number of para-hydroxylation sites is 1. The van der Waals surface area contributed by atoms with Crippen LogP contribution in [0.4, 0.5) is 10.5 Å². The Morgan fingerprint density at radius 3 is 2.84 bits per heavy atom. The van der Waals surface area contributed by atoms with Crippen molar-refractivity contribution in [1.82, 2.24) is 9.88 Å². The maximum Gasteiger partial charge on any atom is 0.322 e. The van der Waals surface area contributed by atoms with Gasteiger partial charge in [0.15, 0.2) is 5.58 Å². The fourth-order valence-electron chi connectivity index (χ4n) is 3.34. The molecule has 1 aliphatic carbocycles. The molecule has 1 aliphatic rings. The van der Waals surface area contributed by atoms with Crippen LogP contribution in [0.1, 0.15) is 30.3 Å². The molecule has 1 aromatic carbocycles. The lowest BCUT2D eigenvalue weighted by molar-refractivity contribution is 0.195. The lowest BCUT2D eigenvalue weighted by Crippen LogP contribution is -2.36. The zero-order chi connectivity index (χ0) is 17.4. The van der Waals surface area contributed by atoms with Crippen LogP contribution >= 0.6 is 0 Å². The quantitative estimate of drug-likeness (QED) is 0.748. The molecule has 5 heteroatoms. The van der Waals surface area contributed by atoms with E-state index < -0.39 is 0 Å². The number of rotatable bonds is 4. The molecule has 1 atom stereocenters. The number of aryl methyl sites for hydroxylation is 1. The average Bonchev–Trinajstić information content (AvgIpc) is 3.36. The van der Waals surface area contributed by atoms with Crippen LogP contribution in [0.15, 0.2) is 53.1 Å². The van der Waals surface area contributed by atoms with E-state index in [1.807, 2.05) is 56.4 Å². The van der Waals surface area contributed by atoms with Gasteiger partial charge in [-0.25, -0.2) is 4.79 Å². The molecular formula is C20H21N3O2. The minimum atomic E-state index is -0.149. The van der Waals surface area contributed by atoms with E-state index in [4.69, 9.17) is 4.42 Å². The highest BCUT2D eigenvalue weighted by Gasteiger charge is 2.37. The third-order valence-electron chi connectivity index (χ3n) is 4.71. The lowest BCUT2D eigenvalue weighted by Gasteiger charge is -2.28. The van der Waals surface area contributed by atoms with Gasteiger partial charge in [-0.2, -0.15) is 0 Å². The molecule has 3 aromatic rings. The molecule has 0 bridgehead atoms. The third kappa shape index (κ3) is 3.09. The van der Waals surface area contributed by atoms with E-state index in [0.29, 0.717) is 17.2 Å². The van der Waals surface area contributed by atoms with Gasteiger partial charge in [-0.1, -0.05) is 18.2 Å². The van der Waals surface area contributed by atoms with E-state index in [1.165, 1.54) is 0 Å². The number of carbonyl (C=O) groups excluding carboxylic acids is 1. The zero-order valence-electron chi connectivity index (χ0n) is 14.4. The van der Waals surface area contributed by atoms with Crippen LogP contribution in [0.3, 0.4) is 0 Å². The molecule has 0 spiro atoms. The highest BCUT2D eigenvalue weighted by molar-refractivity contribution is 5.99. The summed E-state index contributed by atoms with van der Waals surface area (Å²) in [7, 11) is 1.83. The van der Waals surface area contributed by atoms with Crippen LogP contribution in [0.2, 0.25) is 0 Å². The second kappa shape index (κ2) is 6.24. The smallest absolute Gasteiger partial charge is 0.322 e. The van der Waals surface area contributed by atoms with Crippen LogP contribution in [-0.4, -0.2) is 23.0 Å². The predicted molar refractivity (Wildman–Crippen MR) is 97.4 cm³/mol. The summed E-state index contributed by atoms with van der Waals surface area (Å²) in [5.74, 6) is 1.31. The molecule has 2 heterocycles. The van der Waals surface area contributed by atoms with Gasteiger partial charge in [0.05, 0.1) is 17.4 Å². The highest BCUT2D eigenvalue weighted by Crippen LogP contribution is 2.43. The first-order valence-corrected chi connectivity index (χ1v) is 8.57. The summed E-state index contributed by atoms with van der Waals surface area (Å²) in [5, 5.41) is 3.98. The van der Waals surface area contributed by atoms with Crippen molar-refractivity contribution in [1.29, 1.82) is 0 Å². The summed E-state index contributed by atoms with van der Waals surface area (Å²) >= 11 is 0. The molecule has 128 valence electrons. The first-order chi connectivity index (χ1) is 12.1. The number of pyridine rings is 1. The van der Waals surface area contributed by atoms with Crippen molar-refractivity contribution in [3.05, 3.63) is 60.1 Å². The minimum Gasteiger partial charge on any atom is -0.459 e. The van der Waals surface area contributed by atoms with Crippen molar-refractivity contribution in [3.63, 3.8) is 0 Å². The van der Waals surface area contributed by atoms with E-state index in [-0.39, 0.29) is 12.1 Å². The SMILES string of the molecule is Cc1cc2cccc(NC(=O)N(C)C(c3ccccn3)C3CC3)c2o1. The van der Waals surface area contributed by atoms with Gasteiger partial charge in [0, 0.05) is 18.6 Å². The molecule has 1 fully saturated rings. The number of benzene rings is 1. The maximum absolute atomic E-state index is 12.9. The summed E-state index contributed by atoms with van der Waals surface area (Å²) in [6.07, 6.45) is 4.04. The zero-order valence-corrected chi connectivity index (χ0v) is 14.4. The fraction of sp³-hybridized carbons (Fsp3) is 0.300. The number of carbonyl (C=O) groups is 1. The Kier molecular flexibility index (Phi) is 3.92. The topological polar surface area (TPSA) is 58.4 Å². The van der Waals surface area contributed by atoms with Crippen molar-refractivity contribution in [2.45, 2.75) is 25.8 Å². The maximum atomic E-state index is 12.9. The van der Waals surface area contributed by atoms with Crippen molar-refractivity contribution in [3.8, 4) is 0 Å². The van der Waals surface area contributed by atoms with Gasteiger partial charge in [-0.15, -0.1) is 0 Å². The van der Waals surface area contributed by atoms with Crippen LogP contribution in [0, 0.1) is 12.8 Å². The lowest BCUT2D eigenvalue weighted by atomic mass is 10.1. The largest absolute Gasteiger partial charge is 0.459 e. The van der Waals surface area contributed by atoms with Crippen LogP contribution in [-0.2, 0) is 0 Å². The molecule has 5 nitrogen and oxygen atoms in total. The van der Waals surface area contributed by atoms with Crippen molar-refractivity contribution in [2.75, 3.05) is 12.4 Å². The number of aromatic nitrogens is 1. The van der Waals surface area contributed by atoms with Gasteiger partial charge < -0.3 is 14.6 Å². The first kappa shape index (κ1) is 15.7. The Morgan fingerprint density at radius 2 is 2.12 bits per heavy atom. The number of nitrogens with one attached hydrogen (secondary N) is 1. The van der Waals surface area contributed by atoms with Crippen LogP contribution in [0.5, 0.6) is 0 Å². The molecule has 2 amide bonds. The molecule has 1 saturated carbocycles. The van der Waals surface area contributed by atoms with E-state index >= 15 is 0 Å². The summed E-state index contributed by atoms with van der Waals surface area (Å²) in [6, 6.07) is 13.4. The number of urea groups is 1. The van der Waals surface area contributed by atoms with E-state index in [9.17, 15) is 4.79 Å². The molecule has 1 N–H and O–H groups in total. The molecule has 2 aromatic heterocycles. The van der Waals surface area contributed by atoms with E-state index in [0.717, 1.165) is 29.7 Å². The van der Waals surface area contributed by atoms with Crippen molar-refractivity contribution >= 4 is 22.7 Å². The van der Waals surface area contributed by atoms with E-state index in [1.54, 1.807) is 11.1 Å². The Balaban J connectivity index is 1.59. The van der Waals surface area contributed by atoms with Crippen molar-refractivity contribution < 1.29 is 9.21 Å². The fourth-order valence-corrected chi connectivity index (χ4v) is 3.34. The molecule has 0 saturated heterocycles. The summed E-state index contributed by atoms with van der Waals surface area (Å²) in [6.45, 7) is 1.90. The highest BCUT2D eigenvalue weighted by atomic mass is 16.3. The normalized spacial score (nSPS) is 15.1. The van der Waals surface area contributed by atoms with Crippen molar-refractivity contribution in [2.24, 2.45) is 5.92 Å². The minimum absolute atomic E-state index is 0.00117. The van der Waals surface area contributed by atoms with Gasteiger partial charge in [0.1, 0.15) is 5.76 Å². The van der Waals surface area contributed by atoms with Gasteiger partial charge in [0.2, 0.25) is 0 Å². The van der Waals surface area contributed by atoms with Gasteiger partial charge >= 0.3 is 6.03 Å². The van der Waals surface area contributed by atoms with Crippen LogP contribution in [0.25, 0.3) is 11.0 Å². The Bertz CT molecular complexity index is 900. The van der Waals surface area contributed by atoms with Gasteiger partial charge in [-0.3, -0.25) is 4.98 Å². The summed E-state index contributed by atoms with van der Waals surface area (Å²) < 4.78 is 5.74. The first-order valence-electron chi connectivity index (χ1n) is 8.57. The number of hydrogen-bond acceptors (Lipinski definition) is 3. The van der Waals surface area contributed by atoms with Gasteiger partial charge in [0.25, 0.3) is 0 Å².